The fourth-order valence-electron chi connectivity index (χ4n) is 4.32. The average molecular weight is 494 g/mol. The van der Waals surface area contributed by atoms with E-state index in [0.717, 1.165) is 34.1 Å². The number of carbonyl (C=O) groups is 1. The van der Waals surface area contributed by atoms with Crippen LogP contribution in [0.3, 0.4) is 0 Å². The number of nitrogens with two attached hydrogens (primary N) is 1. The number of allylic oxidation sites excluding steroid dienone is 3. The number of halogens is 1. The lowest BCUT2D eigenvalue weighted by Gasteiger charge is -2.37. The van der Waals surface area contributed by atoms with Crippen molar-refractivity contribution in [3.63, 3.8) is 0 Å². The molecule has 2 aromatic carbocycles. The van der Waals surface area contributed by atoms with Crippen LogP contribution in [-0.4, -0.2) is 24.8 Å². The molecule has 1 aliphatic heterocycles. The summed E-state index contributed by atoms with van der Waals surface area (Å²) in [4.78, 5) is 14.7. The van der Waals surface area contributed by atoms with E-state index in [2.05, 4.69) is 22.0 Å². The van der Waals surface area contributed by atoms with Gasteiger partial charge in [-0.25, -0.2) is 0 Å². The van der Waals surface area contributed by atoms with Gasteiger partial charge in [0.2, 0.25) is 0 Å². The maximum atomic E-state index is 12.9. The Bertz CT molecular complexity index is 1160. The zero-order valence-corrected chi connectivity index (χ0v) is 19.6. The van der Waals surface area contributed by atoms with E-state index in [1.165, 1.54) is 0 Å². The third-order valence-corrected chi connectivity index (χ3v) is 6.53. The molecule has 0 fully saturated rings. The van der Waals surface area contributed by atoms with Crippen LogP contribution in [0.2, 0.25) is 0 Å². The van der Waals surface area contributed by atoms with Crippen LogP contribution in [0.5, 0.6) is 11.5 Å². The summed E-state index contributed by atoms with van der Waals surface area (Å²) >= 11 is 3.43. The van der Waals surface area contributed by atoms with Crippen LogP contribution in [0, 0.1) is 11.3 Å². The first-order chi connectivity index (χ1) is 15.4. The standard InChI is InChI=1S/C25H24BrN3O3/c1-29-19-4-3-5-20(30)24(19)23(18(13-27)25(29)28)16-8-11-21(22(12-16)31-2)32-14-15-6-9-17(26)10-7-15/h6-12,23H,3-5,14,28H2,1-2H3/t23-/m0/s1. The van der Waals surface area contributed by atoms with Gasteiger partial charge >= 0.3 is 0 Å². The van der Waals surface area contributed by atoms with Crippen molar-refractivity contribution in [1.29, 1.82) is 5.26 Å². The highest BCUT2D eigenvalue weighted by Crippen LogP contribution is 2.45. The minimum Gasteiger partial charge on any atom is -0.493 e. The Morgan fingerprint density at radius 2 is 1.94 bits per heavy atom. The van der Waals surface area contributed by atoms with E-state index < -0.39 is 5.92 Å². The van der Waals surface area contributed by atoms with Crippen LogP contribution in [0.15, 0.2) is 69.6 Å². The predicted octanol–water partition coefficient (Wildman–Crippen LogP) is 4.77. The van der Waals surface area contributed by atoms with Crippen molar-refractivity contribution in [3.05, 3.63) is 80.7 Å². The van der Waals surface area contributed by atoms with Crippen LogP contribution in [-0.2, 0) is 11.4 Å². The Morgan fingerprint density at radius 1 is 1.19 bits per heavy atom. The predicted molar refractivity (Wildman–Crippen MR) is 125 cm³/mol. The molecule has 0 unspecified atom stereocenters. The monoisotopic (exact) mass is 493 g/mol. The second kappa shape index (κ2) is 9.09. The van der Waals surface area contributed by atoms with Crippen molar-refractivity contribution in [2.24, 2.45) is 5.73 Å². The van der Waals surface area contributed by atoms with Gasteiger partial charge in [0.1, 0.15) is 12.4 Å². The molecule has 1 aliphatic carbocycles. The molecule has 0 saturated heterocycles. The molecule has 32 heavy (non-hydrogen) atoms. The molecule has 2 N–H and O–H groups in total. The van der Waals surface area contributed by atoms with Gasteiger partial charge in [0.15, 0.2) is 17.3 Å². The number of nitrogens with zero attached hydrogens (tertiary/aromatic N) is 2. The van der Waals surface area contributed by atoms with E-state index in [9.17, 15) is 10.1 Å². The summed E-state index contributed by atoms with van der Waals surface area (Å²) in [6, 6.07) is 15.7. The number of carbonyl (C=O) groups excluding carboxylic acids is 1. The summed E-state index contributed by atoms with van der Waals surface area (Å²) in [5.74, 6) is 1.08. The molecule has 0 saturated carbocycles. The topological polar surface area (TPSA) is 88.6 Å². The fraction of sp³-hybridized carbons (Fsp3) is 0.280. The highest BCUT2D eigenvalue weighted by Gasteiger charge is 2.38. The van der Waals surface area contributed by atoms with E-state index in [0.29, 0.717) is 41.5 Å². The molecule has 0 bridgehead atoms. The van der Waals surface area contributed by atoms with Crippen LogP contribution in [0.1, 0.15) is 36.3 Å². The molecular weight excluding hydrogens is 470 g/mol. The minimum absolute atomic E-state index is 0.0675. The second-order valence-corrected chi connectivity index (χ2v) is 8.78. The van der Waals surface area contributed by atoms with Crippen molar-refractivity contribution < 1.29 is 14.3 Å². The van der Waals surface area contributed by atoms with Gasteiger partial charge in [-0.05, 0) is 48.2 Å². The lowest BCUT2D eigenvalue weighted by Crippen LogP contribution is -2.36. The molecule has 0 aromatic heterocycles. The van der Waals surface area contributed by atoms with E-state index in [4.69, 9.17) is 15.2 Å². The van der Waals surface area contributed by atoms with E-state index >= 15 is 0 Å². The van der Waals surface area contributed by atoms with Crippen LogP contribution in [0.4, 0.5) is 0 Å². The molecule has 1 heterocycles. The third-order valence-electron chi connectivity index (χ3n) is 6.00. The van der Waals surface area contributed by atoms with Gasteiger partial charge in [0, 0.05) is 29.2 Å². The van der Waals surface area contributed by atoms with Crippen LogP contribution in [0.25, 0.3) is 0 Å². The number of nitriles is 1. The van der Waals surface area contributed by atoms with Crippen LogP contribution >= 0.6 is 15.9 Å². The molecule has 6 nitrogen and oxygen atoms in total. The number of ketones is 1. The maximum Gasteiger partial charge on any atom is 0.161 e. The molecule has 7 heteroatoms. The minimum atomic E-state index is -0.506. The van der Waals surface area contributed by atoms with Crippen LogP contribution < -0.4 is 15.2 Å². The third kappa shape index (κ3) is 3.98. The number of methoxy groups -OCH3 is 1. The smallest absolute Gasteiger partial charge is 0.161 e. The zero-order chi connectivity index (χ0) is 22.8. The van der Waals surface area contributed by atoms with Crippen molar-refractivity contribution in [3.8, 4) is 17.6 Å². The Morgan fingerprint density at radius 3 is 2.62 bits per heavy atom. The number of ether oxygens (including phenoxy) is 2. The van der Waals surface area contributed by atoms with Gasteiger partial charge in [-0.2, -0.15) is 5.26 Å². The molecular formula is C25H24BrN3O3. The lowest BCUT2D eigenvalue weighted by molar-refractivity contribution is -0.116. The van der Waals surface area contributed by atoms with Gasteiger partial charge in [-0.1, -0.05) is 34.1 Å². The largest absolute Gasteiger partial charge is 0.493 e. The molecule has 2 aliphatic rings. The molecule has 0 radical (unpaired) electrons. The first-order valence-corrected chi connectivity index (χ1v) is 11.2. The Kier molecular flexibility index (Phi) is 6.24. The molecule has 2 aromatic rings. The summed E-state index contributed by atoms with van der Waals surface area (Å²) in [7, 11) is 3.39. The molecule has 1 atom stereocenters. The summed E-state index contributed by atoms with van der Waals surface area (Å²) < 4.78 is 12.6. The Labute approximate surface area is 196 Å². The fourth-order valence-corrected chi connectivity index (χ4v) is 4.59. The maximum absolute atomic E-state index is 12.9. The number of hydrogen-bond acceptors (Lipinski definition) is 6. The summed E-state index contributed by atoms with van der Waals surface area (Å²) in [5.41, 5.74) is 10.1. The normalized spacial score (nSPS) is 18.4. The summed E-state index contributed by atoms with van der Waals surface area (Å²) in [6.45, 7) is 0.390. The first kappa shape index (κ1) is 22.0. The van der Waals surface area contributed by atoms with Crippen molar-refractivity contribution in [2.45, 2.75) is 31.8 Å². The second-order valence-electron chi connectivity index (χ2n) is 7.87. The van der Waals surface area contributed by atoms with E-state index in [1.54, 1.807) is 12.0 Å². The van der Waals surface area contributed by atoms with Gasteiger partial charge < -0.3 is 20.1 Å². The number of rotatable bonds is 5. The number of hydrogen-bond donors (Lipinski definition) is 1. The molecule has 0 spiro atoms. The van der Waals surface area contributed by atoms with Gasteiger partial charge in [0.25, 0.3) is 0 Å². The Hall–Kier alpha value is -3.24. The average Bonchev–Trinajstić information content (AvgIpc) is 2.81. The quantitative estimate of drug-likeness (QED) is 0.645. The van der Waals surface area contributed by atoms with E-state index in [1.807, 2.05) is 49.5 Å². The summed E-state index contributed by atoms with van der Waals surface area (Å²) in [6.07, 6.45) is 2.03. The molecule has 164 valence electrons. The lowest BCUT2D eigenvalue weighted by atomic mass is 9.76. The van der Waals surface area contributed by atoms with Gasteiger partial charge in [-0.3, -0.25) is 4.79 Å². The van der Waals surface area contributed by atoms with Crippen molar-refractivity contribution in [1.82, 2.24) is 4.90 Å². The highest BCUT2D eigenvalue weighted by molar-refractivity contribution is 9.10. The molecule has 4 rings (SSSR count). The Balaban J connectivity index is 1.70. The highest BCUT2D eigenvalue weighted by atomic mass is 79.9. The van der Waals surface area contributed by atoms with Gasteiger partial charge in [0.05, 0.1) is 24.7 Å². The number of benzene rings is 2. The SMILES string of the molecule is COc1cc([C@H]2C(C#N)=C(N)N(C)C3=C2C(=O)CCC3)ccc1OCc1ccc(Br)cc1. The number of Topliss-reactive ketones (excluding diaryl/α,β-unsaturated/α-hetero) is 1. The van der Waals surface area contributed by atoms with Crippen molar-refractivity contribution >= 4 is 21.7 Å². The zero-order valence-electron chi connectivity index (χ0n) is 18.0. The first-order valence-electron chi connectivity index (χ1n) is 10.4. The van der Waals surface area contributed by atoms with Crippen molar-refractivity contribution in [2.75, 3.05) is 14.2 Å². The van der Waals surface area contributed by atoms with E-state index in [-0.39, 0.29) is 5.78 Å². The van der Waals surface area contributed by atoms with Gasteiger partial charge in [-0.15, -0.1) is 0 Å². The molecule has 0 amide bonds. The summed E-state index contributed by atoms with van der Waals surface area (Å²) in [5, 5.41) is 9.89.